The van der Waals surface area contributed by atoms with Gasteiger partial charge in [-0.25, -0.2) is 9.97 Å². The molecule has 0 aromatic carbocycles. The molecule has 1 aromatic rings. The monoisotopic (exact) mass is 370 g/mol. The zero-order valence-corrected chi connectivity index (χ0v) is 16.3. The maximum Gasteiger partial charge on any atom is 0.257 e. The van der Waals surface area contributed by atoms with Crippen molar-refractivity contribution in [3.8, 4) is 0 Å². The molecule has 2 atom stereocenters. The summed E-state index contributed by atoms with van der Waals surface area (Å²) in [5, 5.41) is 0. The van der Waals surface area contributed by atoms with Crippen molar-refractivity contribution >= 4 is 5.91 Å². The highest BCUT2D eigenvalue weighted by molar-refractivity contribution is 5.95. The van der Waals surface area contributed by atoms with Gasteiger partial charge < -0.3 is 9.64 Å². The summed E-state index contributed by atoms with van der Waals surface area (Å²) in [6.45, 7) is 6.73. The van der Waals surface area contributed by atoms with Crippen LogP contribution in [-0.4, -0.2) is 70.6 Å². The van der Waals surface area contributed by atoms with Crippen molar-refractivity contribution in [1.29, 1.82) is 0 Å². The van der Waals surface area contributed by atoms with Gasteiger partial charge in [-0.05, 0) is 51.4 Å². The molecule has 1 aromatic heterocycles. The number of hydrogen-bond acceptors (Lipinski definition) is 5. The number of fused-ring (bicyclic) bond motifs is 4. The summed E-state index contributed by atoms with van der Waals surface area (Å²) >= 11 is 0. The molecule has 0 unspecified atom stereocenters. The largest absolute Gasteiger partial charge is 0.381 e. The molecule has 1 aliphatic carbocycles. The van der Waals surface area contributed by atoms with E-state index < -0.39 is 0 Å². The summed E-state index contributed by atoms with van der Waals surface area (Å²) in [6, 6.07) is 0.946. The van der Waals surface area contributed by atoms with Gasteiger partial charge in [-0.3, -0.25) is 9.69 Å². The third-order valence-corrected chi connectivity index (χ3v) is 6.88. The molecule has 4 aliphatic heterocycles. The normalized spacial score (nSPS) is 29.7. The second kappa shape index (κ2) is 7.13. The van der Waals surface area contributed by atoms with Crippen LogP contribution in [0, 0.1) is 12.8 Å². The topological polar surface area (TPSA) is 58.6 Å². The minimum absolute atomic E-state index is 0.137. The van der Waals surface area contributed by atoms with Crippen LogP contribution in [0.15, 0.2) is 6.20 Å². The molecule has 1 saturated carbocycles. The van der Waals surface area contributed by atoms with Gasteiger partial charge in [0.25, 0.3) is 5.91 Å². The molecular weight excluding hydrogens is 340 g/mol. The average molecular weight is 370 g/mol. The zero-order chi connectivity index (χ0) is 18.4. The fourth-order valence-electron chi connectivity index (χ4n) is 5.10. The van der Waals surface area contributed by atoms with E-state index in [-0.39, 0.29) is 5.91 Å². The van der Waals surface area contributed by atoms with E-state index in [1.54, 1.807) is 6.20 Å². The first kappa shape index (κ1) is 17.6. The van der Waals surface area contributed by atoms with Crippen LogP contribution >= 0.6 is 0 Å². The smallest absolute Gasteiger partial charge is 0.257 e. The number of piperidine rings is 1. The van der Waals surface area contributed by atoms with Gasteiger partial charge in [-0.1, -0.05) is 0 Å². The third-order valence-electron chi connectivity index (χ3n) is 6.88. The number of aromatic nitrogens is 2. The van der Waals surface area contributed by atoms with Crippen molar-refractivity contribution in [2.45, 2.75) is 63.5 Å². The molecule has 1 amide bonds. The summed E-state index contributed by atoms with van der Waals surface area (Å²) in [4.78, 5) is 27.3. The molecule has 4 saturated heterocycles. The van der Waals surface area contributed by atoms with Gasteiger partial charge in [0.1, 0.15) is 5.82 Å². The summed E-state index contributed by atoms with van der Waals surface area (Å²) in [5.74, 6) is 2.17. The van der Waals surface area contributed by atoms with E-state index in [1.807, 2.05) is 6.92 Å². The minimum Gasteiger partial charge on any atom is -0.381 e. The van der Waals surface area contributed by atoms with Gasteiger partial charge in [-0.15, -0.1) is 0 Å². The fourth-order valence-corrected chi connectivity index (χ4v) is 5.10. The number of carbonyl (C=O) groups excluding carboxylic acids is 1. The first-order chi connectivity index (χ1) is 13.2. The SMILES string of the molecule is Cc1nc(C2CC2)ncc1C(=O)N1C[C@H]2CC[C@@H]1CN(C1CCOCC1)C2. The van der Waals surface area contributed by atoms with E-state index >= 15 is 0 Å². The Kier molecular flexibility index (Phi) is 4.64. The second-order valence-electron chi connectivity index (χ2n) is 8.85. The van der Waals surface area contributed by atoms with E-state index in [2.05, 4.69) is 19.8 Å². The van der Waals surface area contributed by atoms with Crippen molar-refractivity contribution in [2.24, 2.45) is 5.92 Å². The lowest BCUT2D eigenvalue weighted by Gasteiger charge is -2.37. The number of carbonyl (C=O) groups is 1. The number of hydrogen-bond donors (Lipinski definition) is 0. The third kappa shape index (κ3) is 3.49. The van der Waals surface area contributed by atoms with E-state index in [4.69, 9.17) is 4.74 Å². The van der Waals surface area contributed by atoms with Gasteiger partial charge in [0, 0.05) is 57.0 Å². The molecule has 0 spiro atoms. The van der Waals surface area contributed by atoms with Crippen molar-refractivity contribution < 1.29 is 9.53 Å². The minimum atomic E-state index is 0.137. The van der Waals surface area contributed by atoms with Crippen LogP contribution < -0.4 is 0 Å². The van der Waals surface area contributed by atoms with Crippen LogP contribution in [-0.2, 0) is 4.74 Å². The lowest BCUT2D eigenvalue weighted by atomic mass is 9.94. The summed E-state index contributed by atoms with van der Waals surface area (Å²) in [6.07, 6.45) is 8.77. The summed E-state index contributed by atoms with van der Waals surface area (Å²) in [5.41, 5.74) is 1.54. The Balaban J connectivity index is 1.33. The summed E-state index contributed by atoms with van der Waals surface area (Å²) < 4.78 is 5.55. The van der Waals surface area contributed by atoms with Crippen LogP contribution in [0.3, 0.4) is 0 Å². The molecule has 6 heteroatoms. The van der Waals surface area contributed by atoms with Gasteiger partial charge in [0.2, 0.25) is 0 Å². The van der Waals surface area contributed by atoms with Gasteiger partial charge in [0.05, 0.1) is 11.3 Å². The highest BCUT2D eigenvalue weighted by Crippen LogP contribution is 2.38. The molecular formula is C21H30N4O2. The van der Waals surface area contributed by atoms with E-state index in [0.29, 0.717) is 29.5 Å². The van der Waals surface area contributed by atoms with Gasteiger partial charge in [-0.2, -0.15) is 0 Å². The predicted molar refractivity (Wildman–Crippen MR) is 102 cm³/mol. The molecule has 5 heterocycles. The zero-order valence-electron chi connectivity index (χ0n) is 16.3. The van der Waals surface area contributed by atoms with Crippen molar-refractivity contribution in [1.82, 2.24) is 19.8 Å². The van der Waals surface area contributed by atoms with E-state index in [1.165, 1.54) is 19.3 Å². The van der Waals surface area contributed by atoms with E-state index in [0.717, 1.165) is 63.6 Å². The first-order valence-corrected chi connectivity index (χ1v) is 10.7. The summed E-state index contributed by atoms with van der Waals surface area (Å²) in [7, 11) is 0. The molecule has 6 rings (SSSR count). The molecule has 0 radical (unpaired) electrons. The van der Waals surface area contributed by atoms with Crippen molar-refractivity contribution in [3.63, 3.8) is 0 Å². The maximum absolute atomic E-state index is 13.4. The van der Waals surface area contributed by atoms with E-state index in [9.17, 15) is 4.79 Å². The van der Waals surface area contributed by atoms with Crippen LogP contribution in [0.5, 0.6) is 0 Å². The Labute approximate surface area is 161 Å². The van der Waals surface area contributed by atoms with Gasteiger partial charge in [0.15, 0.2) is 0 Å². The molecule has 6 nitrogen and oxygen atoms in total. The molecule has 0 N–H and O–H groups in total. The first-order valence-electron chi connectivity index (χ1n) is 10.7. The Morgan fingerprint density at radius 2 is 1.85 bits per heavy atom. The lowest BCUT2D eigenvalue weighted by molar-refractivity contribution is 0.0304. The molecule has 2 bridgehead atoms. The number of ether oxygens (including phenoxy) is 1. The Bertz CT molecular complexity index is 714. The highest BCUT2D eigenvalue weighted by atomic mass is 16.5. The molecule has 27 heavy (non-hydrogen) atoms. The standard InChI is InChI=1S/C21H30N4O2/c1-14-19(10-22-20(23-14)16-3-4-16)21(26)25-12-15-2-5-18(25)13-24(11-15)17-6-8-27-9-7-17/h10,15-18H,2-9,11-13H2,1H3/t15-,18+/m0/s1. The number of aryl methyl sites for hydroxylation is 1. The van der Waals surface area contributed by atoms with Crippen LogP contribution in [0.1, 0.15) is 66.3 Å². The molecule has 146 valence electrons. The number of amides is 1. The predicted octanol–water partition coefficient (Wildman–Crippen LogP) is 2.38. The average Bonchev–Trinajstić information content (AvgIpc) is 3.55. The fraction of sp³-hybridized carbons (Fsp3) is 0.762. The van der Waals surface area contributed by atoms with Crippen LogP contribution in [0.4, 0.5) is 0 Å². The lowest BCUT2D eigenvalue weighted by Crippen LogP contribution is -2.48. The Hall–Kier alpha value is -1.53. The number of nitrogens with zero attached hydrogens (tertiary/aromatic N) is 4. The Morgan fingerprint density at radius 3 is 2.59 bits per heavy atom. The molecule has 5 fully saturated rings. The quantitative estimate of drug-likeness (QED) is 0.818. The van der Waals surface area contributed by atoms with Gasteiger partial charge >= 0.3 is 0 Å². The second-order valence-corrected chi connectivity index (χ2v) is 8.85. The highest BCUT2D eigenvalue weighted by Gasteiger charge is 2.40. The Morgan fingerprint density at radius 1 is 1.04 bits per heavy atom. The number of rotatable bonds is 3. The van der Waals surface area contributed by atoms with Crippen LogP contribution in [0.2, 0.25) is 0 Å². The van der Waals surface area contributed by atoms with Crippen molar-refractivity contribution in [3.05, 3.63) is 23.3 Å². The maximum atomic E-state index is 13.4. The molecule has 5 aliphatic rings. The van der Waals surface area contributed by atoms with Crippen LogP contribution in [0.25, 0.3) is 0 Å². The van der Waals surface area contributed by atoms with Crippen molar-refractivity contribution in [2.75, 3.05) is 32.8 Å².